The second-order valence-electron chi connectivity index (χ2n) is 5.67. The van der Waals surface area contributed by atoms with Gasteiger partial charge in [0, 0.05) is 18.8 Å². The van der Waals surface area contributed by atoms with Gasteiger partial charge in [-0.2, -0.15) is 0 Å². The number of hydrogen-bond donors (Lipinski definition) is 2. The molecule has 3 aliphatic carbocycles. The quantitative estimate of drug-likeness (QED) is 0.885. The molecule has 0 radical (unpaired) electrons. The average Bonchev–Trinajstić information content (AvgIpc) is 3.06. The smallest absolute Gasteiger partial charge is 0.252 e. The van der Waals surface area contributed by atoms with Crippen molar-refractivity contribution in [2.24, 2.45) is 0 Å². The number of fused-ring (bicyclic) bond motifs is 2. The van der Waals surface area contributed by atoms with Crippen LogP contribution in [-0.2, 0) is 9.59 Å². The van der Waals surface area contributed by atoms with Gasteiger partial charge in [-0.05, 0) is 53.0 Å². The van der Waals surface area contributed by atoms with Gasteiger partial charge in [0.05, 0.1) is 5.69 Å². The number of nitrogens with one attached hydrogen (secondary N) is 2. The van der Waals surface area contributed by atoms with Gasteiger partial charge >= 0.3 is 0 Å². The molecular formula is C18H15N3O2. The normalized spacial score (nSPS) is 18.4. The second-order valence-corrected chi connectivity index (χ2v) is 5.67. The molecule has 1 aromatic heterocycles. The minimum absolute atomic E-state index is 0.260. The first-order chi connectivity index (χ1) is 11.2. The fourth-order valence-corrected chi connectivity index (χ4v) is 3.01. The molecule has 1 atom stereocenters. The Bertz CT molecular complexity index is 844. The van der Waals surface area contributed by atoms with Crippen LogP contribution in [0.4, 0.5) is 0 Å². The highest BCUT2D eigenvalue weighted by molar-refractivity contribution is 6.03. The first kappa shape index (κ1) is 13.7. The van der Waals surface area contributed by atoms with Gasteiger partial charge in [0.15, 0.2) is 6.04 Å². The third kappa shape index (κ3) is 2.21. The van der Waals surface area contributed by atoms with Crippen molar-refractivity contribution >= 4 is 11.8 Å². The Kier molecular flexibility index (Phi) is 3.01. The van der Waals surface area contributed by atoms with Crippen molar-refractivity contribution in [2.45, 2.75) is 12.5 Å². The van der Waals surface area contributed by atoms with E-state index in [1.54, 1.807) is 31.4 Å². The fraction of sp³-hybridized carbons (Fsp3) is 0.167. The maximum Gasteiger partial charge on any atom is 0.252 e. The van der Waals surface area contributed by atoms with E-state index in [0.717, 1.165) is 17.6 Å². The van der Waals surface area contributed by atoms with Crippen molar-refractivity contribution in [3.05, 3.63) is 76.2 Å². The van der Waals surface area contributed by atoms with E-state index < -0.39 is 6.04 Å². The first-order valence-corrected chi connectivity index (χ1v) is 7.49. The summed E-state index contributed by atoms with van der Waals surface area (Å²) in [4.78, 5) is 28.9. The molecule has 0 saturated heterocycles. The van der Waals surface area contributed by atoms with E-state index in [1.807, 2.05) is 12.2 Å². The molecule has 1 unspecified atom stereocenters. The SMILES string of the molecule is CNC(=O)C(NC(=O)C1=C2C=C3CC3=C2C=C1)c1ccccn1. The third-order valence-electron chi connectivity index (χ3n) is 4.28. The average molecular weight is 305 g/mol. The standard InChI is InChI=1S/C18H15N3O2/c1-19-18(23)16(15-4-2-3-7-20-15)21-17(22)12-6-5-11-13-8-10(13)9-14(11)12/h2-7,9,16H,8H2,1H3,(H,19,23)(H,21,22). The van der Waals surface area contributed by atoms with Gasteiger partial charge in [0.2, 0.25) is 5.91 Å². The van der Waals surface area contributed by atoms with E-state index in [-0.39, 0.29) is 11.8 Å². The lowest BCUT2D eigenvalue weighted by Gasteiger charge is -2.17. The van der Waals surface area contributed by atoms with Crippen molar-refractivity contribution in [1.82, 2.24) is 15.6 Å². The molecule has 0 aliphatic heterocycles. The highest BCUT2D eigenvalue weighted by Crippen LogP contribution is 2.51. The summed E-state index contributed by atoms with van der Waals surface area (Å²) in [5.74, 6) is -0.555. The molecule has 2 amide bonds. The number of pyridine rings is 1. The minimum atomic E-state index is -0.810. The molecule has 2 N–H and O–H groups in total. The number of rotatable bonds is 4. The van der Waals surface area contributed by atoms with Gasteiger partial charge in [0.25, 0.3) is 5.91 Å². The number of likely N-dealkylation sites (N-methyl/N-ethyl adjacent to an activating group) is 1. The fourth-order valence-electron chi connectivity index (χ4n) is 3.01. The zero-order valence-electron chi connectivity index (χ0n) is 12.6. The molecule has 5 nitrogen and oxygen atoms in total. The van der Waals surface area contributed by atoms with Crippen LogP contribution >= 0.6 is 0 Å². The Morgan fingerprint density at radius 3 is 2.83 bits per heavy atom. The summed E-state index contributed by atoms with van der Waals surface area (Å²) >= 11 is 0. The van der Waals surface area contributed by atoms with Gasteiger partial charge in [-0.1, -0.05) is 12.1 Å². The van der Waals surface area contributed by atoms with Crippen LogP contribution in [0, 0.1) is 0 Å². The van der Waals surface area contributed by atoms with E-state index in [9.17, 15) is 9.59 Å². The lowest BCUT2D eigenvalue weighted by Crippen LogP contribution is -2.40. The summed E-state index contributed by atoms with van der Waals surface area (Å²) < 4.78 is 0. The van der Waals surface area contributed by atoms with Gasteiger partial charge < -0.3 is 10.6 Å². The van der Waals surface area contributed by atoms with Gasteiger partial charge in [-0.3, -0.25) is 14.6 Å². The predicted molar refractivity (Wildman–Crippen MR) is 85.1 cm³/mol. The summed E-state index contributed by atoms with van der Waals surface area (Å²) in [5.41, 5.74) is 5.90. The summed E-state index contributed by atoms with van der Waals surface area (Å²) in [7, 11) is 1.54. The number of carbonyl (C=O) groups excluding carboxylic acids is 2. The van der Waals surface area contributed by atoms with E-state index in [2.05, 4.69) is 21.7 Å². The highest BCUT2D eigenvalue weighted by Gasteiger charge is 2.36. The van der Waals surface area contributed by atoms with Crippen LogP contribution < -0.4 is 10.6 Å². The van der Waals surface area contributed by atoms with E-state index in [0.29, 0.717) is 11.3 Å². The Labute approximate surface area is 133 Å². The largest absolute Gasteiger partial charge is 0.357 e. The molecule has 1 aromatic rings. The minimum Gasteiger partial charge on any atom is -0.357 e. The van der Waals surface area contributed by atoms with E-state index >= 15 is 0 Å². The number of nitrogens with zero attached hydrogens (tertiary/aromatic N) is 1. The van der Waals surface area contributed by atoms with Gasteiger partial charge in [-0.15, -0.1) is 0 Å². The molecular weight excluding hydrogens is 290 g/mol. The zero-order chi connectivity index (χ0) is 16.0. The van der Waals surface area contributed by atoms with Crippen LogP contribution in [0.15, 0.2) is 70.5 Å². The van der Waals surface area contributed by atoms with Crippen molar-refractivity contribution in [1.29, 1.82) is 0 Å². The molecule has 0 spiro atoms. The highest BCUT2D eigenvalue weighted by atomic mass is 16.2. The summed E-state index contributed by atoms with van der Waals surface area (Å²) in [6.07, 6.45) is 8.50. The molecule has 23 heavy (non-hydrogen) atoms. The molecule has 114 valence electrons. The number of allylic oxidation sites excluding steroid dienone is 6. The van der Waals surface area contributed by atoms with Crippen LogP contribution in [0.1, 0.15) is 18.2 Å². The summed E-state index contributed by atoms with van der Waals surface area (Å²) in [6.45, 7) is 0. The maximum absolute atomic E-state index is 12.6. The monoisotopic (exact) mass is 305 g/mol. The molecule has 0 aromatic carbocycles. The predicted octanol–water partition coefficient (Wildman–Crippen LogP) is 1.49. The van der Waals surface area contributed by atoms with Crippen LogP contribution in [-0.4, -0.2) is 23.8 Å². The molecule has 1 saturated carbocycles. The number of hydrogen-bond acceptors (Lipinski definition) is 3. The van der Waals surface area contributed by atoms with Crippen LogP contribution in [0.3, 0.4) is 0 Å². The number of amides is 2. The van der Waals surface area contributed by atoms with Crippen molar-refractivity contribution in [2.75, 3.05) is 7.05 Å². The van der Waals surface area contributed by atoms with Crippen LogP contribution in [0.5, 0.6) is 0 Å². The molecule has 1 heterocycles. The Morgan fingerprint density at radius 1 is 1.22 bits per heavy atom. The molecule has 5 heteroatoms. The summed E-state index contributed by atoms with van der Waals surface area (Å²) in [6, 6.07) is 4.48. The first-order valence-electron chi connectivity index (χ1n) is 7.49. The number of carbonyl (C=O) groups is 2. The van der Waals surface area contributed by atoms with Crippen molar-refractivity contribution in [3.8, 4) is 0 Å². The third-order valence-corrected chi connectivity index (χ3v) is 4.28. The maximum atomic E-state index is 12.6. The van der Waals surface area contributed by atoms with E-state index in [1.165, 1.54) is 11.1 Å². The summed E-state index contributed by atoms with van der Waals surface area (Å²) in [5, 5.41) is 5.36. The Morgan fingerprint density at radius 2 is 2.09 bits per heavy atom. The molecule has 1 fully saturated rings. The van der Waals surface area contributed by atoms with Crippen LogP contribution in [0.2, 0.25) is 0 Å². The zero-order valence-corrected chi connectivity index (χ0v) is 12.6. The molecule has 4 rings (SSSR count). The lowest BCUT2D eigenvalue weighted by molar-refractivity contribution is -0.127. The Hall–Kier alpha value is -2.95. The second kappa shape index (κ2) is 5.05. The van der Waals surface area contributed by atoms with Gasteiger partial charge in [0.1, 0.15) is 0 Å². The topological polar surface area (TPSA) is 71.1 Å². The van der Waals surface area contributed by atoms with Crippen LogP contribution in [0.25, 0.3) is 0 Å². The Balaban J connectivity index is 1.61. The van der Waals surface area contributed by atoms with Gasteiger partial charge in [-0.25, -0.2) is 0 Å². The van der Waals surface area contributed by atoms with E-state index in [4.69, 9.17) is 0 Å². The lowest BCUT2D eigenvalue weighted by atomic mass is 10.1. The van der Waals surface area contributed by atoms with Crippen molar-refractivity contribution in [3.63, 3.8) is 0 Å². The molecule has 0 bridgehead atoms. The number of aromatic nitrogens is 1. The van der Waals surface area contributed by atoms with Crippen molar-refractivity contribution < 1.29 is 9.59 Å². The molecule has 3 aliphatic rings.